The van der Waals surface area contributed by atoms with Crippen molar-refractivity contribution in [2.24, 2.45) is 0 Å². The van der Waals surface area contributed by atoms with E-state index in [2.05, 4.69) is 10.0 Å². The molecule has 0 atom stereocenters. The Hall–Kier alpha value is -3.65. The minimum atomic E-state index is -3.85. The number of ketones is 1. The van der Waals surface area contributed by atoms with Gasteiger partial charge in [0.2, 0.25) is 5.91 Å². The van der Waals surface area contributed by atoms with Crippen molar-refractivity contribution in [2.75, 3.05) is 17.1 Å². The lowest BCUT2D eigenvalue weighted by atomic mass is 10.0. The van der Waals surface area contributed by atoms with Gasteiger partial charge in [-0.25, -0.2) is 8.42 Å². The summed E-state index contributed by atoms with van der Waals surface area (Å²) in [6.07, 6.45) is 3.25. The van der Waals surface area contributed by atoms with Gasteiger partial charge in [-0.3, -0.25) is 14.3 Å². The third-order valence-corrected chi connectivity index (χ3v) is 7.15. The Labute approximate surface area is 199 Å². The normalized spacial score (nSPS) is 12.6. The van der Waals surface area contributed by atoms with Crippen LogP contribution in [0.4, 0.5) is 11.4 Å². The number of sulfonamides is 1. The van der Waals surface area contributed by atoms with Crippen LogP contribution in [0.3, 0.4) is 0 Å². The van der Waals surface area contributed by atoms with Crippen molar-refractivity contribution in [3.05, 3.63) is 83.4 Å². The number of carbonyl (C=O) groups excluding carboxylic acids is 2. The van der Waals surface area contributed by atoms with Crippen LogP contribution in [-0.2, 0) is 27.7 Å². The molecule has 0 bridgehead atoms. The molecule has 0 heterocycles. The number of aryl methyl sites for hydroxylation is 2. The topological polar surface area (TPSA) is 102 Å². The van der Waals surface area contributed by atoms with Crippen LogP contribution in [0.1, 0.15) is 40.7 Å². The molecule has 0 aliphatic heterocycles. The lowest BCUT2D eigenvalue weighted by molar-refractivity contribution is -0.116. The molecule has 3 aromatic rings. The zero-order valence-corrected chi connectivity index (χ0v) is 19.7. The number of ether oxygens (including phenoxy) is 1. The molecule has 0 saturated carbocycles. The van der Waals surface area contributed by atoms with Crippen molar-refractivity contribution in [3.63, 3.8) is 0 Å². The second kappa shape index (κ2) is 10.1. The third kappa shape index (κ3) is 5.63. The van der Waals surface area contributed by atoms with E-state index in [1.807, 2.05) is 18.2 Å². The number of anilines is 2. The van der Waals surface area contributed by atoms with Crippen molar-refractivity contribution in [3.8, 4) is 5.75 Å². The van der Waals surface area contributed by atoms with Crippen molar-refractivity contribution in [1.82, 2.24) is 0 Å². The molecule has 4 rings (SSSR count). The Morgan fingerprint density at radius 3 is 2.41 bits per heavy atom. The minimum absolute atomic E-state index is 0.00957. The highest BCUT2D eigenvalue weighted by Gasteiger charge is 2.17. The molecular weight excluding hydrogens is 452 g/mol. The first-order valence-electron chi connectivity index (χ1n) is 11.1. The van der Waals surface area contributed by atoms with E-state index in [9.17, 15) is 18.0 Å². The summed E-state index contributed by atoms with van der Waals surface area (Å²) in [6.45, 7) is 0. The molecule has 1 amide bonds. The van der Waals surface area contributed by atoms with Crippen LogP contribution in [0.2, 0.25) is 0 Å². The van der Waals surface area contributed by atoms with Crippen LogP contribution >= 0.6 is 0 Å². The fraction of sp³-hybridized carbons (Fsp3) is 0.231. The van der Waals surface area contributed by atoms with Gasteiger partial charge in [-0.1, -0.05) is 18.2 Å². The summed E-state index contributed by atoms with van der Waals surface area (Å²) in [7, 11) is -2.32. The van der Waals surface area contributed by atoms with E-state index in [-0.39, 0.29) is 29.4 Å². The van der Waals surface area contributed by atoms with Gasteiger partial charge in [0.25, 0.3) is 10.0 Å². The van der Waals surface area contributed by atoms with Gasteiger partial charge < -0.3 is 10.1 Å². The van der Waals surface area contributed by atoms with E-state index in [1.54, 1.807) is 36.4 Å². The van der Waals surface area contributed by atoms with Crippen LogP contribution < -0.4 is 14.8 Å². The summed E-state index contributed by atoms with van der Waals surface area (Å²) in [5.41, 5.74) is 3.88. The summed E-state index contributed by atoms with van der Waals surface area (Å²) in [5.74, 6) is 0.180. The molecule has 1 aliphatic carbocycles. The maximum atomic E-state index is 12.7. The van der Waals surface area contributed by atoms with Crippen LogP contribution in [0.15, 0.2) is 71.6 Å². The predicted octanol–water partition coefficient (Wildman–Crippen LogP) is 4.59. The summed E-state index contributed by atoms with van der Waals surface area (Å²) in [5, 5.41) is 2.68. The van der Waals surface area contributed by atoms with Gasteiger partial charge in [0.05, 0.1) is 12.0 Å². The molecule has 0 unspecified atom stereocenters. The van der Waals surface area contributed by atoms with Crippen LogP contribution in [-0.4, -0.2) is 27.2 Å². The Kier molecular flexibility index (Phi) is 6.98. The molecule has 34 heavy (non-hydrogen) atoms. The second-order valence-corrected chi connectivity index (χ2v) is 9.85. The number of fused-ring (bicyclic) bond motifs is 1. The molecule has 1 aliphatic rings. The van der Waals surface area contributed by atoms with Crippen LogP contribution in [0, 0.1) is 0 Å². The number of methoxy groups -OCH3 is 1. The number of hydrogen-bond acceptors (Lipinski definition) is 5. The number of nitrogens with one attached hydrogen (secondary N) is 2. The molecule has 176 valence electrons. The molecule has 0 aromatic heterocycles. The summed E-state index contributed by atoms with van der Waals surface area (Å²) < 4.78 is 33.1. The third-order valence-electron chi connectivity index (χ3n) is 5.77. The first-order chi connectivity index (χ1) is 16.3. The average molecular weight is 479 g/mol. The first-order valence-corrected chi connectivity index (χ1v) is 12.5. The van der Waals surface area contributed by atoms with E-state index in [0.29, 0.717) is 22.7 Å². The standard InChI is InChI=1S/C26H26N2O5S/c1-33-23-12-10-21(11-13-23)28-34(31,32)24-7-3-6-22(17-24)27-26(30)15-14-25(29)20-9-8-18-4-2-5-19(18)16-20/h3,6-13,16-17,28H,2,4-5,14-15H2,1H3,(H,27,30). The largest absolute Gasteiger partial charge is 0.497 e. The summed E-state index contributed by atoms with van der Waals surface area (Å²) >= 11 is 0. The van der Waals surface area contributed by atoms with Crippen molar-refractivity contribution < 1.29 is 22.7 Å². The highest BCUT2D eigenvalue weighted by molar-refractivity contribution is 7.92. The maximum absolute atomic E-state index is 12.7. The highest BCUT2D eigenvalue weighted by Crippen LogP contribution is 2.24. The zero-order valence-electron chi connectivity index (χ0n) is 18.8. The minimum Gasteiger partial charge on any atom is -0.497 e. The molecule has 0 spiro atoms. The van der Waals surface area contributed by atoms with E-state index < -0.39 is 10.0 Å². The number of benzene rings is 3. The molecule has 0 fully saturated rings. The summed E-state index contributed by atoms with van der Waals surface area (Å²) in [4.78, 5) is 24.9. The fourth-order valence-corrected chi connectivity index (χ4v) is 5.06. The zero-order chi connectivity index (χ0) is 24.1. The highest BCUT2D eigenvalue weighted by atomic mass is 32.2. The molecular formula is C26H26N2O5S. The number of amides is 1. The van der Waals surface area contributed by atoms with Gasteiger partial charge in [0, 0.05) is 29.8 Å². The molecule has 3 aromatic carbocycles. The van der Waals surface area contributed by atoms with Gasteiger partial charge in [-0.15, -0.1) is 0 Å². The average Bonchev–Trinajstić information content (AvgIpc) is 3.31. The van der Waals surface area contributed by atoms with E-state index in [1.165, 1.54) is 30.4 Å². The first kappa shape index (κ1) is 23.5. The van der Waals surface area contributed by atoms with Crippen molar-refractivity contribution in [2.45, 2.75) is 37.0 Å². The molecule has 8 heteroatoms. The van der Waals surface area contributed by atoms with Gasteiger partial charge in [0.1, 0.15) is 5.75 Å². The molecule has 2 N–H and O–H groups in total. The van der Waals surface area contributed by atoms with Crippen molar-refractivity contribution >= 4 is 33.1 Å². The SMILES string of the molecule is COc1ccc(NS(=O)(=O)c2cccc(NC(=O)CCC(=O)c3ccc4c(c3)CCC4)c2)cc1. The molecule has 0 radical (unpaired) electrons. The van der Waals surface area contributed by atoms with Crippen LogP contribution in [0.5, 0.6) is 5.75 Å². The van der Waals surface area contributed by atoms with Gasteiger partial charge in [-0.05, 0) is 78.9 Å². The quantitative estimate of drug-likeness (QED) is 0.438. The number of rotatable bonds is 9. The van der Waals surface area contributed by atoms with E-state index >= 15 is 0 Å². The summed E-state index contributed by atoms with van der Waals surface area (Å²) in [6, 6.07) is 18.2. The van der Waals surface area contributed by atoms with Gasteiger partial charge in [0.15, 0.2) is 5.78 Å². The smallest absolute Gasteiger partial charge is 0.261 e. The fourth-order valence-electron chi connectivity index (χ4n) is 3.95. The number of hydrogen-bond donors (Lipinski definition) is 2. The Morgan fingerprint density at radius 2 is 1.65 bits per heavy atom. The predicted molar refractivity (Wildman–Crippen MR) is 131 cm³/mol. The van der Waals surface area contributed by atoms with Crippen LogP contribution in [0.25, 0.3) is 0 Å². The van der Waals surface area contributed by atoms with Gasteiger partial charge in [-0.2, -0.15) is 0 Å². The number of carbonyl (C=O) groups is 2. The Morgan fingerprint density at radius 1 is 0.882 bits per heavy atom. The number of Topliss-reactive ketones (excluding diaryl/α,β-unsaturated/α-hetero) is 1. The lowest BCUT2D eigenvalue weighted by Gasteiger charge is -2.11. The second-order valence-electron chi connectivity index (χ2n) is 8.17. The maximum Gasteiger partial charge on any atom is 0.261 e. The lowest BCUT2D eigenvalue weighted by Crippen LogP contribution is -2.15. The Bertz CT molecular complexity index is 1320. The molecule has 7 nitrogen and oxygen atoms in total. The monoisotopic (exact) mass is 478 g/mol. The van der Waals surface area contributed by atoms with Gasteiger partial charge >= 0.3 is 0 Å². The Balaban J connectivity index is 1.35. The van der Waals surface area contributed by atoms with E-state index in [0.717, 1.165) is 19.3 Å². The van der Waals surface area contributed by atoms with Crippen molar-refractivity contribution in [1.29, 1.82) is 0 Å². The molecule has 0 saturated heterocycles. The van der Waals surface area contributed by atoms with E-state index in [4.69, 9.17) is 4.74 Å².